The zero-order valence-corrected chi connectivity index (χ0v) is 36.9. The number of piperidine rings is 1. The topological polar surface area (TPSA) is 185 Å². The third-order valence-electron chi connectivity index (χ3n) is 14.0. The van der Waals surface area contributed by atoms with Crippen molar-refractivity contribution in [2.45, 2.75) is 172 Å². The first-order chi connectivity index (χ1) is 27.5. The fourth-order valence-corrected chi connectivity index (χ4v) is 13.1. The van der Waals surface area contributed by atoms with Gasteiger partial charge in [0.1, 0.15) is 6.10 Å². The molecule has 2 saturated heterocycles. The molecule has 4 fully saturated rings. The highest BCUT2D eigenvalue weighted by Crippen LogP contribution is 2.44. The van der Waals surface area contributed by atoms with Gasteiger partial charge in [0.15, 0.2) is 5.96 Å². The van der Waals surface area contributed by atoms with Gasteiger partial charge in [-0.3, -0.25) is 9.59 Å². The molecule has 0 radical (unpaired) electrons. The van der Waals surface area contributed by atoms with Crippen molar-refractivity contribution in [3.63, 3.8) is 0 Å². The van der Waals surface area contributed by atoms with Crippen molar-refractivity contribution in [3.8, 4) is 0 Å². The van der Waals surface area contributed by atoms with E-state index in [1.165, 1.54) is 51.9 Å². The molecule has 3 heterocycles. The molecule has 0 aromatic rings. The number of nitrogens with two attached hydrogens (primary N) is 2. The van der Waals surface area contributed by atoms with Gasteiger partial charge in [0, 0.05) is 58.2 Å². The number of hydrogen-bond donors (Lipinski definition) is 6. The van der Waals surface area contributed by atoms with E-state index in [1.54, 1.807) is 17.9 Å². The largest absolute Gasteiger partial charge is 0.462 e. The van der Waals surface area contributed by atoms with Crippen LogP contribution in [-0.2, 0) is 19.1 Å². The highest BCUT2D eigenvalue weighted by atomic mass is 33.1. The van der Waals surface area contributed by atoms with E-state index in [0.29, 0.717) is 75.4 Å². The number of carbonyl (C=O) groups is 2. The molecule has 8 N–H and O–H groups in total. The molecule has 12 nitrogen and oxygen atoms in total. The van der Waals surface area contributed by atoms with Gasteiger partial charge in [0.25, 0.3) is 0 Å². The molecule has 57 heavy (non-hydrogen) atoms. The summed E-state index contributed by atoms with van der Waals surface area (Å²) in [5.41, 5.74) is 12.5. The minimum absolute atomic E-state index is 0.0238. The van der Waals surface area contributed by atoms with Crippen molar-refractivity contribution < 1.29 is 29.3 Å². The van der Waals surface area contributed by atoms with Crippen LogP contribution in [0.3, 0.4) is 0 Å². The number of fused-ring (bicyclic) bond motifs is 4. The summed E-state index contributed by atoms with van der Waals surface area (Å²) >= 11 is 0. The summed E-state index contributed by atoms with van der Waals surface area (Å²) in [4.78, 5) is 32.7. The Bertz CT molecular complexity index is 1250. The van der Waals surface area contributed by atoms with E-state index >= 15 is 0 Å². The molecule has 10 atom stereocenters. The summed E-state index contributed by atoms with van der Waals surface area (Å²) in [5, 5.41) is 29.4. The van der Waals surface area contributed by atoms with Crippen molar-refractivity contribution in [3.05, 3.63) is 0 Å². The van der Waals surface area contributed by atoms with E-state index in [4.69, 9.17) is 20.9 Å². The second-order valence-electron chi connectivity index (χ2n) is 18.7. The van der Waals surface area contributed by atoms with Crippen LogP contribution in [-0.4, -0.2) is 108 Å². The Balaban J connectivity index is 1.28. The lowest BCUT2D eigenvalue weighted by Crippen LogP contribution is -2.48. The molecule has 2 aliphatic carbocycles. The Morgan fingerprint density at radius 2 is 1.68 bits per heavy atom. The molecule has 328 valence electrons. The van der Waals surface area contributed by atoms with Crippen LogP contribution in [0.4, 0.5) is 0 Å². The van der Waals surface area contributed by atoms with Crippen LogP contribution in [0, 0.1) is 35.0 Å². The maximum Gasteiger partial charge on any atom is 0.302 e. The van der Waals surface area contributed by atoms with E-state index in [9.17, 15) is 19.8 Å². The number of rotatable bonds is 7. The zero-order chi connectivity index (χ0) is 40.6. The summed E-state index contributed by atoms with van der Waals surface area (Å²) < 4.78 is 11.6. The Hall–Kier alpha value is -1.29. The summed E-state index contributed by atoms with van der Waals surface area (Å²) in [6.45, 7) is 4.12. The molecule has 1 amide bonds. The molecule has 0 aromatic carbocycles. The van der Waals surface area contributed by atoms with Crippen molar-refractivity contribution in [1.82, 2.24) is 15.5 Å². The fraction of sp³-hybridized carbons (Fsp3) is 0.930. The van der Waals surface area contributed by atoms with Gasteiger partial charge in [-0.05, 0) is 106 Å². The Morgan fingerprint density at radius 1 is 0.930 bits per heavy atom. The fourth-order valence-electron chi connectivity index (χ4n) is 10.9. The molecule has 5 aliphatic rings. The van der Waals surface area contributed by atoms with E-state index < -0.39 is 12.2 Å². The van der Waals surface area contributed by atoms with Crippen LogP contribution in [0.25, 0.3) is 0 Å². The quantitative estimate of drug-likeness (QED) is 0.132. The Kier molecular flexibility index (Phi) is 19.9. The molecule has 10 unspecified atom stereocenters. The molecule has 3 aliphatic heterocycles. The van der Waals surface area contributed by atoms with Gasteiger partial charge in [-0.25, -0.2) is 4.99 Å². The number of methoxy groups -OCH3 is 1. The van der Waals surface area contributed by atoms with Crippen LogP contribution < -0.4 is 22.1 Å². The van der Waals surface area contributed by atoms with E-state index in [0.717, 1.165) is 76.0 Å². The number of aliphatic imine (C=N–C) groups is 1. The first kappa shape index (κ1) is 46.8. The third-order valence-corrected chi connectivity index (χ3v) is 16.2. The number of carbonyl (C=O) groups excluding carboxylic acids is 2. The predicted octanol–water partition coefficient (Wildman–Crippen LogP) is 5.93. The summed E-state index contributed by atoms with van der Waals surface area (Å²) in [5.74, 6) is 4.02. The number of aliphatic hydroxyl groups is 2. The predicted molar refractivity (Wildman–Crippen MR) is 232 cm³/mol. The summed E-state index contributed by atoms with van der Waals surface area (Å²) in [6, 6.07) is 0. The number of esters is 1. The SMILES string of the molecule is COC1CC2CCC(OC(C)=O)CC(O)CCCCC(CCC3CCCCC3)CSSCN=C(N)NCCC3(CC4CCNC(N)C4)CC(=O)N(CC(C2)C1O)C3. The summed E-state index contributed by atoms with van der Waals surface area (Å²) in [7, 11) is 5.32. The van der Waals surface area contributed by atoms with Gasteiger partial charge in [-0.15, -0.1) is 0 Å². The van der Waals surface area contributed by atoms with Gasteiger partial charge in [-0.2, -0.15) is 0 Å². The van der Waals surface area contributed by atoms with Crippen molar-refractivity contribution in [2.75, 3.05) is 44.9 Å². The second-order valence-corrected chi connectivity index (χ2v) is 21.1. The van der Waals surface area contributed by atoms with Crippen LogP contribution in [0.15, 0.2) is 4.99 Å². The van der Waals surface area contributed by atoms with Crippen LogP contribution in [0.5, 0.6) is 0 Å². The number of guanidine groups is 1. The lowest BCUT2D eigenvalue weighted by atomic mass is 9.73. The number of nitrogens with one attached hydrogen (secondary N) is 2. The summed E-state index contributed by atoms with van der Waals surface area (Å²) in [6.07, 6.45) is 19.0. The Labute approximate surface area is 351 Å². The van der Waals surface area contributed by atoms with E-state index in [1.807, 2.05) is 15.7 Å². The molecular formula is C43H78N6O6S2. The highest BCUT2D eigenvalue weighted by molar-refractivity contribution is 8.76. The average Bonchev–Trinajstić information content (AvgIpc) is 3.48. The Morgan fingerprint density at radius 3 is 2.46 bits per heavy atom. The minimum Gasteiger partial charge on any atom is -0.462 e. The van der Waals surface area contributed by atoms with Crippen LogP contribution in [0.2, 0.25) is 0 Å². The van der Waals surface area contributed by atoms with Gasteiger partial charge >= 0.3 is 5.97 Å². The average molecular weight is 839 g/mol. The maximum atomic E-state index is 13.9. The zero-order valence-electron chi connectivity index (χ0n) is 35.3. The molecule has 0 aromatic heterocycles. The number of nitrogens with zero attached hydrogens (tertiary/aromatic N) is 2. The first-order valence-corrected chi connectivity index (χ1v) is 25.1. The van der Waals surface area contributed by atoms with Crippen LogP contribution >= 0.6 is 21.6 Å². The van der Waals surface area contributed by atoms with Gasteiger partial charge in [-0.1, -0.05) is 73.0 Å². The molecule has 14 heteroatoms. The van der Waals surface area contributed by atoms with Gasteiger partial charge in [0.2, 0.25) is 5.91 Å². The van der Waals surface area contributed by atoms with Gasteiger partial charge in [0.05, 0.1) is 30.4 Å². The standard InChI is InChI=1S/C43H78N6O6S2/c1-30(50)55-37-15-14-33-20-35(41(53)38(21-33)54-2)26-49-28-43(25-40(49)52,24-34-16-18-46-39(44)22-34)17-19-47-42(45)48-29-57-56-27-32(10-6-7-11-36(51)23-37)13-12-31-8-4-3-5-9-31/h31-39,41,46,51,53H,3-29,44H2,1-2H3,(H3,45,47,48). The molecular weight excluding hydrogens is 761 g/mol. The van der Waals surface area contributed by atoms with Crippen molar-refractivity contribution in [1.29, 1.82) is 0 Å². The van der Waals surface area contributed by atoms with Crippen molar-refractivity contribution >= 4 is 39.4 Å². The number of aliphatic hydroxyl groups excluding tert-OH is 2. The van der Waals surface area contributed by atoms with Crippen molar-refractivity contribution in [2.24, 2.45) is 51.5 Å². The number of ether oxygens (including phenoxy) is 2. The lowest BCUT2D eigenvalue weighted by Gasteiger charge is -2.41. The molecule has 2 saturated carbocycles. The minimum atomic E-state index is -0.671. The normalized spacial score (nSPS) is 36.9. The van der Waals surface area contributed by atoms with E-state index in [-0.39, 0.29) is 47.5 Å². The second kappa shape index (κ2) is 24.2. The molecule has 4 bridgehead atoms. The first-order valence-electron chi connectivity index (χ1n) is 22.6. The monoisotopic (exact) mass is 839 g/mol. The van der Waals surface area contributed by atoms with E-state index in [2.05, 4.69) is 15.6 Å². The highest BCUT2D eigenvalue weighted by Gasteiger charge is 2.47. The molecule has 0 spiro atoms. The maximum absolute atomic E-state index is 13.9. The van der Waals surface area contributed by atoms with Gasteiger partial charge < -0.3 is 46.7 Å². The third kappa shape index (κ3) is 15.9. The smallest absolute Gasteiger partial charge is 0.302 e. The van der Waals surface area contributed by atoms with Crippen LogP contribution in [0.1, 0.15) is 142 Å². The molecule has 5 rings (SSSR count). The number of amides is 1. The lowest BCUT2D eigenvalue weighted by molar-refractivity contribution is -0.148. The number of hydrogen-bond acceptors (Lipinski definition) is 13.